The fourth-order valence-electron chi connectivity index (χ4n) is 2.86. The highest BCUT2D eigenvalue weighted by Crippen LogP contribution is 2.33. The van der Waals surface area contributed by atoms with Gasteiger partial charge in [-0.2, -0.15) is 0 Å². The molecular formula is C16H23Br. The maximum absolute atomic E-state index is 3.83. The molecule has 2 rings (SSSR count). The van der Waals surface area contributed by atoms with Crippen LogP contribution in [0.15, 0.2) is 30.3 Å². The summed E-state index contributed by atoms with van der Waals surface area (Å²) in [7, 11) is 0. The Balaban J connectivity index is 1.77. The molecule has 1 unspecified atom stereocenters. The third-order valence-corrected chi connectivity index (χ3v) is 4.95. The van der Waals surface area contributed by atoms with Crippen molar-refractivity contribution in [3.63, 3.8) is 0 Å². The van der Waals surface area contributed by atoms with Gasteiger partial charge < -0.3 is 0 Å². The topological polar surface area (TPSA) is 0 Å². The van der Waals surface area contributed by atoms with Crippen molar-refractivity contribution in [2.75, 3.05) is 0 Å². The van der Waals surface area contributed by atoms with Crippen molar-refractivity contribution in [2.45, 2.75) is 56.2 Å². The van der Waals surface area contributed by atoms with Crippen LogP contribution in [0.1, 0.15) is 61.8 Å². The molecule has 1 saturated carbocycles. The summed E-state index contributed by atoms with van der Waals surface area (Å²) in [6, 6.07) is 10.8. The lowest BCUT2D eigenvalue weighted by molar-refractivity contribution is 0.415. The third kappa shape index (κ3) is 4.46. The molecule has 0 nitrogen and oxygen atoms in total. The summed E-state index contributed by atoms with van der Waals surface area (Å²) in [4.78, 5) is 0.548. The van der Waals surface area contributed by atoms with Crippen LogP contribution in [-0.2, 0) is 0 Å². The van der Waals surface area contributed by atoms with Crippen LogP contribution < -0.4 is 0 Å². The van der Waals surface area contributed by atoms with Crippen LogP contribution in [0.25, 0.3) is 0 Å². The summed E-state index contributed by atoms with van der Waals surface area (Å²) in [6.45, 7) is 0. The molecule has 17 heavy (non-hydrogen) atoms. The van der Waals surface area contributed by atoms with Crippen LogP contribution in [0.4, 0.5) is 0 Å². The Bertz CT molecular complexity index is 299. The van der Waals surface area contributed by atoms with Crippen molar-refractivity contribution in [1.82, 2.24) is 0 Å². The first kappa shape index (κ1) is 13.1. The van der Waals surface area contributed by atoms with Crippen molar-refractivity contribution in [3.8, 4) is 0 Å². The molecule has 0 spiro atoms. The van der Waals surface area contributed by atoms with E-state index in [-0.39, 0.29) is 0 Å². The number of benzene rings is 1. The van der Waals surface area contributed by atoms with E-state index in [1.54, 1.807) is 0 Å². The van der Waals surface area contributed by atoms with Crippen molar-refractivity contribution >= 4 is 15.9 Å². The molecule has 0 heterocycles. The zero-order valence-electron chi connectivity index (χ0n) is 10.6. The van der Waals surface area contributed by atoms with Crippen molar-refractivity contribution in [1.29, 1.82) is 0 Å². The molecule has 1 aliphatic carbocycles. The zero-order chi connectivity index (χ0) is 11.9. The molecule has 0 aromatic heterocycles. The lowest BCUT2D eigenvalue weighted by Gasteiger charge is -2.16. The van der Waals surface area contributed by atoms with Gasteiger partial charge in [-0.25, -0.2) is 0 Å². The monoisotopic (exact) mass is 294 g/mol. The number of alkyl halides is 1. The SMILES string of the molecule is BrC(CCC1CCCCCC1)c1ccccc1. The molecule has 0 radical (unpaired) electrons. The van der Waals surface area contributed by atoms with E-state index in [1.807, 2.05) is 0 Å². The van der Waals surface area contributed by atoms with Gasteiger partial charge in [-0.15, -0.1) is 0 Å². The molecule has 1 atom stereocenters. The Morgan fingerprint density at radius 2 is 1.65 bits per heavy atom. The van der Waals surface area contributed by atoms with E-state index in [9.17, 15) is 0 Å². The van der Waals surface area contributed by atoms with Gasteiger partial charge in [0.2, 0.25) is 0 Å². The van der Waals surface area contributed by atoms with E-state index in [4.69, 9.17) is 0 Å². The fraction of sp³-hybridized carbons (Fsp3) is 0.625. The van der Waals surface area contributed by atoms with E-state index in [0.29, 0.717) is 4.83 Å². The molecular weight excluding hydrogens is 272 g/mol. The van der Waals surface area contributed by atoms with Gasteiger partial charge >= 0.3 is 0 Å². The third-order valence-electron chi connectivity index (χ3n) is 3.96. The Morgan fingerprint density at radius 1 is 1.00 bits per heavy atom. The maximum Gasteiger partial charge on any atom is 0.0395 e. The Labute approximate surface area is 114 Å². The van der Waals surface area contributed by atoms with E-state index in [2.05, 4.69) is 46.3 Å². The Morgan fingerprint density at radius 3 is 2.29 bits per heavy atom. The average molecular weight is 295 g/mol. The van der Waals surface area contributed by atoms with Gasteiger partial charge in [-0.3, -0.25) is 0 Å². The Kier molecular flexibility index (Phi) is 5.57. The van der Waals surface area contributed by atoms with Gasteiger partial charge in [0.25, 0.3) is 0 Å². The number of hydrogen-bond donors (Lipinski definition) is 0. The smallest absolute Gasteiger partial charge is 0.0395 e. The predicted molar refractivity (Wildman–Crippen MR) is 78.5 cm³/mol. The summed E-state index contributed by atoms with van der Waals surface area (Å²) in [5, 5.41) is 0. The van der Waals surface area contributed by atoms with Gasteiger partial charge in [-0.1, -0.05) is 84.8 Å². The van der Waals surface area contributed by atoms with Gasteiger partial charge in [0.15, 0.2) is 0 Å². The van der Waals surface area contributed by atoms with Crippen molar-refractivity contribution < 1.29 is 0 Å². The summed E-state index contributed by atoms with van der Waals surface area (Å²) in [6.07, 6.45) is 11.5. The normalized spacial score (nSPS) is 19.8. The summed E-state index contributed by atoms with van der Waals surface area (Å²) < 4.78 is 0. The first-order valence-corrected chi connectivity index (χ1v) is 7.97. The minimum Gasteiger partial charge on any atom is -0.0839 e. The highest BCUT2D eigenvalue weighted by molar-refractivity contribution is 9.09. The number of hydrogen-bond acceptors (Lipinski definition) is 0. The highest BCUT2D eigenvalue weighted by atomic mass is 79.9. The molecule has 1 aromatic rings. The zero-order valence-corrected chi connectivity index (χ0v) is 12.2. The molecule has 1 aromatic carbocycles. The standard InChI is InChI=1S/C16H23Br/c17-16(15-10-6-3-7-11-15)13-12-14-8-4-1-2-5-9-14/h3,6-7,10-11,14,16H,1-2,4-5,8-9,12-13H2. The average Bonchev–Trinajstić information content (AvgIpc) is 2.65. The van der Waals surface area contributed by atoms with Crippen LogP contribution in [-0.4, -0.2) is 0 Å². The van der Waals surface area contributed by atoms with E-state index < -0.39 is 0 Å². The minimum atomic E-state index is 0.548. The first-order chi connectivity index (χ1) is 8.36. The largest absolute Gasteiger partial charge is 0.0839 e. The van der Waals surface area contributed by atoms with Crippen LogP contribution in [0, 0.1) is 5.92 Å². The molecule has 94 valence electrons. The molecule has 0 bridgehead atoms. The molecule has 0 saturated heterocycles. The van der Waals surface area contributed by atoms with Crippen LogP contribution >= 0.6 is 15.9 Å². The van der Waals surface area contributed by atoms with Crippen LogP contribution in [0.3, 0.4) is 0 Å². The minimum absolute atomic E-state index is 0.548. The van der Waals surface area contributed by atoms with E-state index in [1.165, 1.54) is 56.9 Å². The molecule has 0 amide bonds. The van der Waals surface area contributed by atoms with Crippen LogP contribution in [0.5, 0.6) is 0 Å². The summed E-state index contributed by atoms with van der Waals surface area (Å²) in [5.74, 6) is 0.987. The molecule has 1 heteroatoms. The second-order valence-corrected chi connectivity index (χ2v) is 6.42. The summed E-state index contributed by atoms with van der Waals surface area (Å²) >= 11 is 3.83. The number of halogens is 1. The van der Waals surface area contributed by atoms with E-state index in [0.717, 1.165) is 5.92 Å². The lowest BCUT2D eigenvalue weighted by Crippen LogP contribution is -2.01. The maximum atomic E-state index is 3.83. The summed E-state index contributed by atoms with van der Waals surface area (Å²) in [5.41, 5.74) is 1.43. The van der Waals surface area contributed by atoms with Gasteiger partial charge in [-0.05, 0) is 24.3 Å². The van der Waals surface area contributed by atoms with Gasteiger partial charge in [0.1, 0.15) is 0 Å². The molecule has 1 aliphatic rings. The fourth-order valence-corrected chi connectivity index (χ4v) is 3.43. The molecule has 1 fully saturated rings. The van der Waals surface area contributed by atoms with Gasteiger partial charge in [0, 0.05) is 4.83 Å². The van der Waals surface area contributed by atoms with Crippen molar-refractivity contribution in [2.24, 2.45) is 5.92 Å². The molecule has 0 N–H and O–H groups in total. The quantitative estimate of drug-likeness (QED) is 0.481. The highest BCUT2D eigenvalue weighted by Gasteiger charge is 2.14. The second kappa shape index (κ2) is 7.20. The first-order valence-electron chi connectivity index (χ1n) is 7.05. The van der Waals surface area contributed by atoms with E-state index >= 15 is 0 Å². The predicted octanol–water partition coefficient (Wildman–Crippen LogP) is 5.87. The molecule has 0 aliphatic heterocycles. The lowest BCUT2D eigenvalue weighted by atomic mass is 9.93. The van der Waals surface area contributed by atoms with Crippen molar-refractivity contribution in [3.05, 3.63) is 35.9 Å². The Hall–Kier alpha value is -0.300. The second-order valence-electron chi connectivity index (χ2n) is 5.31. The number of rotatable bonds is 4. The van der Waals surface area contributed by atoms with Gasteiger partial charge in [0.05, 0.1) is 0 Å². The van der Waals surface area contributed by atoms with Crippen LogP contribution in [0.2, 0.25) is 0 Å².